The van der Waals surface area contributed by atoms with Gasteiger partial charge in [-0.15, -0.1) is 0 Å². The van der Waals surface area contributed by atoms with Crippen LogP contribution in [-0.2, 0) is 16.1 Å². The SMILES string of the molecule is CC(C)(C)OC(=O)NC1C[C@](C)(C(=O)O)C[N@+](Cc2ccccc2)(C(=O)[O-])C1. The summed E-state index contributed by atoms with van der Waals surface area (Å²) >= 11 is 0. The van der Waals surface area contributed by atoms with Crippen molar-refractivity contribution in [3.8, 4) is 0 Å². The Balaban J connectivity index is 2.34. The average molecular weight is 392 g/mol. The molecule has 1 aromatic carbocycles. The number of quaternary nitrogens is 1. The highest BCUT2D eigenvalue weighted by molar-refractivity contribution is 5.75. The Labute approximate surface area is 164 Å². The number of carbonyl (C=O) groups excluding carboxylic acids is 2. The van der Waals surface area contributed by atoms with Crippen LogP contribution in [0.2, 0.25) is 0 Å². The molecule has 0 spiro atoms. The third kappa shape index (κ3) is 5.22. The number of carboxylic acids is 1. The van der Waals surface area contributed by atoms with Crippen LogP contribution in [0.15, 0.2) is 30.3 Å². The standard InChI is InChI=1S/C20H28N2O6/c1-19(2,3)28-17(25)21-15-10-20(4,16(23)24)13-22(12-15,18(26)27)11-14-8-6-5-7-9-14/h5-9,15H,10-13H2,1-4H3,(H2-,21,23,24,25,26,27)/t15?,20-,22+/m0/s1. The first-order valence-corrected chi connectivity index (χ1v) is 9.20. The number of rotatable bonds is 4. The lowest BCUT2D eigenvalue weighted by molar-refractivity contribution is -0.900. The molecule has 154 valence electrons. The molecule has 0 bridgehead atoms. The molecular formula is C20H28N2O6. The molecule has 3 atom stereocenters. The largest absolute Gasteiger partial charge is 0.498 e. The Kier molecular flexibility index (Phi) is 6.03. The van der Waals surface area contributed by atoms with E-state index in [0.717, 1.165) is 5.56 Å². The van der Waals surface area contributed by atoms with Crippen molar-refractivity contribution in [2.24, 2.45) is 5.41 Å². The number of nitrogens with zero attached hydrogens (tertiary/aromatic N) is 1. The topological polar surface area (TPSA) is 116 Å². The maximum atomic E-state index is 12.2. The normalized spacial score (nSPS) is 27.6. The van der Waals surface area contributed by atoms with Crippen LogP contribution in [0.1, 0.15) is 39.7 Å². The van der Waals surface area contributed by atoms with E-state index < -0.39 is 39.7 Å². The quantitative estimate of drug-likeness (QED) is 0.754. The van der Waals surface area contributed by atoms with Crippen molar-refractivity contribution in [2.45, 2.75) is 52.3 Å². The molecule has 2 rings (SSSR count). The second-order valence-electron chi connectivity index (χ2n) is 8.81. The van der Waals surface area contributed by atoms with E-state index in [4.69, 9.17) is 4.74 Å². The van der Waals surface area contributed by atoms with Crippen molar-refractivity contribution in [3.63, 3.8) is 0 Å². The second kappa shape index (κ2) is 7.79. The predicted octanol–water partition coefficient (Wildman–Crippen LogP) is 1.73. The van der Waals surface area contributed by atoms with Gasteiger partial charge < -0.3 is 25.1 Å². The van der Waals surface area contributed by atoms with Gasteiger partial charge in [0.15, 0.2) is 0 Å². The fourth-order valence-electron chi connectivity index (χ4n) is 3.81. The zero-order valence-corrected chi connectivity index (χ0v) is 16.7. The van der Waals surface area contributed by atoms with Gasteiger partial charge >= 0.3 is 12.1 Å². The molecule has 2 N–H and O–H groups in total. The smallest absolute Gasteiger partial charge is 0.408 e. The predicted molar refractivity (Wildman–Crippen MR) is 99.1 cm³/mol. The van der Waals surface area contributed by atoms with Gasteiger partial charge in [0.2, 0.25) is 0 Å². The van der Waals surface area contributed by atoms with Crippen LogP contribution in [0.3, 0.4) is 0 Å². The lowest BCUT2D eigenvalue weighted by atomic mass is 9.78. The number of hydrogen-bond acceptors (Lipinski definition) is 5. The van der Waals surface area contributed by atoms with E-state index in [1.165, 1.54) is 6.92 Å². The molecular weight excluding hydrogens is 364 g/mol. The summed E-state index contributed by atoms with van der Waals surface area (Å²) in [5, 5.41) is 24.6. The van der Waals surface area contributed by atoms with E-state index in [1.807, 2.05) is 6.07 Å². The van der Waals surface area contributed by atoms with Crippen LogP contribution < -0.4 is 10.4 Å². The van der Waals surface area contributed by atoms with Crippen molar-refractivity contribution < 1.29 is 33.8 Å². The first-order valence-electron chi connectivity index (χ1n) is 9.20. The van der Waals surface area contributed by atoms with E-state index >= 15 is 0 Å². The molecule has 1 fully saturated rings. The van der Waals surface area contributed by atoms with Gasteiger partial charge in [-0.25, -0.2) is 4.79 Å². The van der Waals surface area contributed by atoms with Crippen LogP contribution >= 0.6 is 0 Å². The number of carbonyl (C=O) groups is 3. The molecule has 1 aromatic rings. The summed E-state index contributed by atoms with van der Waals surface area (Å²) in [6.45, 7) is 6.59. The van der Waals surface area contributed by atoms with E-state index in [0.29, 0.717) is 0 Å². The number of alkyl carbamates (subject to hydrolysis) is 1. The third-order valence-corrected chi connectivity index (χ3v) is 4.87. The van der Waals surface area contributed by atoms with Crippen LogP contribution in [-0.4, -0.2) is 52.5 Å². The van der Waals surface area contributed by atoms with Gasteiger partial charge in [0.25, 0.3) is 6.09 Å². The number of likely N-dealkylation sites (tertiary alicyclic amines) is 1. The lowest BCUT2D eigenvalue weighted by Crippen LogP contribution is -2.70. The van der Waals surface area contributed by atoms with E-state index in [1.54, 1.807) is 45.0 Å². The number of hydrogen-bond donors (Lipinski definition) is 2. The summed E-state index contributed by atoms with van der Waals surface area (Å²) in [4.78, 5) is 36.3. The number of piperidine rings is 1. The third-order valence-electron chi connectivity index (χ3n) is 4.87. The molecule has 0 aliphatic carbocycles. The second-order valence-corrected chi connectivity index (χ2v) is 8.81. The highest BCUT2D eigenvalue weighted by atomic mass is 16.6. The van der Waals surface area contributed by atoms with Crippen molar-refractivity contribution in [2.75, 3.05) is 13.1 Å². The molecule has 28 heavy (non-hydrogen) atoms. The summed E-state index contributed by atoms with van der Waals surface area (Å²) in [6, 6.07) is 8.27. The summed E-state index contributed by atoms with van der Waals surface area (Å²) in [5.41, 5.74) is -1.32. The number of carboxylic acid groups (broad SMARTS) is 2. The molecule has 1 heterocycles. The highest BCUT2D eigenvalue weighted by Crippen LogP contribution is 2.36. The molecule has 1 aliphatic heterocycles. The minimum absolute atomic E-state index is 0.0132. The summed E-state index contributed by atoms with van der Waals surface area (Å²) < 4.78 is 4.66. The van der Waals surface area contributed by atoms with Crippen LogP contribution in [0, 0.1) is 5.41 Å². The summed E-state index contributed by atoms with van der Waals surface area (Å²) in [6.07, 6.45) is -1.97. The first kappa shape index (κ1) is 21.7. The minimum Gasteiger partial charge on any atom is -0.498 e. The van der Waals surface area contributed by atoms with Crippen molar-refractivity contribution in [1.82, 2.24) is 5.32 Å². The Morgan fingerprint density at radius 1 is 1.29 bits per heavy atom. The highest BCUT2D eigenvalue weighted by Gasteiger charge is 2.52. The fourth-order valence-corrected chi connectivity index (χ4v) is 3.81. The van der Waals surface area contributed by atoms with E-state index in [-0.39, 0.29) is 26.1 Å². The van der Waals surface area contributed by atoms with Gasteiger partial charge in [0.05, 0.1) is 6.04 Å². The molecule has 0 radical (unpaired) electrons. The van der Waals surface area contributed by atoms with Gasteiger partial charge in [-0.3, -0.25) is 9.28 Å². The molecule has 0 saturated carbocycles. The maximum absolute atomic E-state index is 12.2. The van der Waals surface area contributed by atoms with E-state index in [2.05, 4.69) is 5.32 Å². The monoisotopic (exact) mass is 392 g/mol. The Bertz CT molecular complexity index is 745. The summed E-state index contributed by atoms with van der Waals surface area (Å²) in [7, 11) is 0. The Morgan fingerprint density at radius 2 is 1.89 bits per heavy atom. The van der Waals surface area contributed by atoms with Gasteiger partial charge in [0, 0.05) is 5.56 Å². The molecule has 0 aromatic heterocycles. The summed E-state index contributed by atoms with van der Waals surface area (Å²) in [5.74, 6) is -1.11. The Morgan fingerprint density at radius 3 is 2.39 bits per heavy atom. The fraction of sp³-hybridized carbons (Fsp3) is 0.550. The van der Waals surface area contributed by atoms with Crippen LogP contribution in [0.5, 0.6) is 0 Å². The van der Waals surface area contributed by atoms with Gasteiger partial charge in [-0.2, -0.15) is 0 Å². The number of ether oxygens (including phenoxy) is 1. The number of nitrogens with one attached hydrogen (secondary N) is 1. The Hall–Kier alpha value is -2.61. The maximum Gasteiger partial charge on any atom is 0.408 e. The molecule has 1 saturated heterocycles. The molecule has 1 aliphatic rings. The first-order chi connectivity index (χ1) is 12.9. The number of benzene rings is 1. The number of amides is 2. The van der Waals surface area contributed by atoms with Crippen molar-refractivity contribution >= 4 is 18.2 Å². The molecule has 2 amide bonds. The van der Waals surface area contributed by atoms with Gasteiger partial charge in [-0.05, 0) is 34.1 Å². The van der Waals surface area contributed by atoms with E-state index in [9.17, 15) is 24.6 Å². The zero-order chi connectivity index (χ0) is 21.2. The van der Waals surface area contributed by atoms with Gasteiger partial charge in [-0.1, -0.05) is 30.3 Å². The molecule has 8 nitrogen and oxygen atoms in total. The van der Waals surface area contributed by atoms with Crippen LogP contribution in [0.4, 0.5) is 9.59 Å². The average Bonchev–Trinajstić information content (AvgIpc) is 2.53. The van der Waals surface area contributed by atoms with Crippen LogP contribution in [0.25, 0.3) is 0 Å². The minimum atomic E-state index is -1.37. The molecule has 8 heteroatoms. The number of aliphatic carboxylic acids is 1. The lowest BCUT2D eigenvalue weighted by Gasteiger charge is -2.49. The van der Waals surface area contributed by atoms with Gasteiger partial charge in [0.1, 0.15) is 30.7 Å². The van der Waals surface area contributed by atoms with Crippen molar-refractivity contribution in [3.05, 3.63) is 35.9 Å². The zero-order valence-electron chi connectivity index (χ0n) is 16.7. The van der Waals surface area contributed by atoms with Crippen molar-refractivity contribution in [1.29, 1.82) is 0 Å². The molecule has 1 unspecified atom stereocenters.